The van der Waals surface area contributed by atoms with Gasteiger partial charge in [0.25, 0.3) is 0 Å². The lowest BCUT2D eigenvalue weighted by atomic mass is 9.62. The number of aromatic nitrogens is 5. The molecule has 1 aliphatic carbocycles. The minimum absolute atomic E-state index is 0.0560. The molecule has 0 radical (unpaired) electrons. The van der Waals surface area contributed by atoms with E-state index in [0.717, 1.165) is 23.7 Å². The van der Waals surface area contributed by atoms with Crippen molar-refractivity contribution in [1.29, 1.82) is 0 Å². The Labute approximate surface area is 189 Å². The molecule has 0 aromatic carbocycles. The van der Waals surface area contributed by atoms with Crippen molar-refractivity contribution in [2.24, 2.45) is 5.41 Å². The highest BCUT2D eigenvalue weighted by Gasteiger charge is 2.49. The van der Waals surface area contributed by atoms with Gasteiger partial charge in [0, 0.05) is 19.3 Å². The fourth-order valence-corrected chi connectivity index (χ4v) is 4.88. The molecule has 0 bridgehead atoms. The summed E-state index contributed by atoms with van der Waals surface area (Å²) in [6, 6.07) is 2.67. The first kappa shape index (κ1) is 22.7. The molecule has 34 heavy (non-hydrogen) atoms. The quantitative estimate of drug-likeness (QED) is 0.501. The van der Waals surface area contributed by atoms with E-state index in [9.17, 15) is 26.3 Å². The van der Waals surface area contributed by atoms with E-state index in [1.807, 2.05) is 4.90 Å². The van der Waals surface area contributed by atoms with Crippen molar-refractivity contribution in [3.05, 3.63) is 36.4 Å². The van der Waals surface area contributed by atoms with Gasteiger partial charge in [-0.05, 0) is 43.2 Å². The smallest absolute Gasteiger partial charge is 0.437 e. The van der Waals surface area contributed by atoms with Crippen molar-refractivity contribution in [2.45, 2.75) is 50.7 Å². The Kier molecular flexibility index (Phi) is 5.32. The van der Waals surface area contributed by atoms with Crippen LogP contribution in [-0.4, -0.2) is 50.1 Å². The lowest BCUT2D eigenvalue weighted by Gasteiger charge is -2.52. The number of hydrogen-bond acceptors (Lipinski definition) is 6. The van der Waals surface area contributed by atoms with Crippen LogP contribution in [0.5, 0.6) is 5.75 Å². The number of alkyl halides is 6. The van der Waals surface area contributed by atoms with Gasteiger partial charge in [-0.15, -0.1) is 0 Å². The Balaban J connectivity index is 1.28. The number of nitrogens with zero attached hydrogens (tertiary/aromatic N) is 6. The Bertz CT molecular complexity index is 1190. The van der Waals surface area contributed by atoms with Crippen LogP contribution in [-0.2, 0) is 12.7 Å². The first-order valence-electron chi connectivity index (χ1n) is 10.7. The van der Waals surface area contributed by atoms with Crippen molar-refractivity contribution in [2.75, 3.05) is 18.0 Å². The normalized spacial score (nSPS) is 23.4. The molecule has 0 amide bonds. The van der Waals surface area contributed by atoms with Gasteiger partial charge in [-0.25, -0.2) is 19.6 Å². The van der Waals surface area contributed by atoms with Crippen LogP contribution < -0.4 is 9.64 Å². The average Bonchev–Trinajstić information content (AvgIpc) is 3.13. The molecule has 7 nitrogen and oxygen atoms in total. The van der Waals surface area contributed by atoms with Gasteiger partial charge in [0.05, 0.1) is 12.4 Å². The van der Waals surface area contributed by atoms with Gasteiger partial charge in [0.2, 0.25) is 0 Å². The minimum Gasteiger partial charge on any atom is -0.488 e. The lowest BCUT2D eigenvalue weighted by molar-refractivity contribution is -0.144. The van der Waals surface area contributed by atoms with Gasteiger partial charge in [0.1, 0.15) is 24.0 Å². The Morgan fingerprint density at radius 1 is 1.09 bits per heavy atom. The third kappa shape index (κ3) is 4.47. The fourth-order valence-electron chi connectivity index (χ4n) is 4.88. The largest absolute Gasteiger partial charge is 0.488 e. The Morgan fingerprint density at radius 3 is 2.62 bits per heavy atom. The molecule has 5 rings (SSSR count). The molecule has 1 spiro atoms. The van der Waals surface area contributed by atoms with Gasteiger partial charge >= 0.3 is 12.4 Å². The summed E-state index contributed by atoms with van der Waals surface area (Å²) in [4.78, 5) is 14.0. The monoisotopic (exact) mass is 486 g/mol. The molecule has 0 atom stereocenters. The van der Waals surface area contributed by atoms with Crippen LogP contribution in [0, 0.1) is 5.41 Å². The molecule has 1 aliphatic heterocycles. The van der Waals surface area contributed by atoms with Crippen molar-refractivity contribution in [3.63, 3.8) is 0 Å². The second-order valence-corrected chi connectivity index (χ2v) is 8.88. The summed E-state index contributed by atoms with van der Waals surface area (Å²) in [5, 5.41) is 3.75. The maximum absolute atomic E-state index is 13.2. The number of pyridine rings is 1. The van der Waals surface area contributed by atoms with Crippen LogP contribution in [0.15, 0.2) is 30.7 Å². The zero-order chi connectivity index (χ0) is 24.1. The number of rotatable bonds is 4. The molecule has 3 aromatic rings. The number of anilines is 1. The molecule has 2 aliphatic rings. The van der Waals surface area contributed by atoms with E-state index in [0.29, 0.717) is 31.7 Å². The highest BCUT2D eigenvalue weighted by Crippen LogP contribution is 2.50. The average molecular weight is 486 g/mol. The van der Waals surface area contributed by atoms with Crippen molar-refractivity contribution in [3.8, 4) is 5.75 Å². The van der Waals surface area contributed by atoms with Crippen LogP contribution in [0.3, 0.4) is 0 Å². The SMILES string of the molecule is FC(F)(F)Cn1ncc2ncc(N3CCCC4(CC(Oc5cccnc5C(F)(F)F)C4)C3)nc21. The highest BCUT2D eigenvalue weighted by molar-refractivity contribution is 5.71. The van der Waals surface area contributed by atoms with Gasteiger partial charge in [0.15, 0.2) is 17.1 Å². The molecular formula is C21H20F6N6O. The molecule has 1 saturated heterocycles. The summed E-state index contributed by atoms with van der Waals surface area (Å²) < 4.78 is 84.5. The van der Waals surface area contributed by atoms with E-state index >= 15 is 0 Å². The number of hydrogen-bond donors (Lipinski definition) is 0. The lowest BCUT2D eigenvalue weighted by Crippen LogP contribution is -2.54. The molecule has 3 aromatic heterocycles. The van der Waals surface area contributed by atoms with Crippen molar-refractivity contribution < 1.29 is 31.1 Å². The molecule has 0 unspecified atom stereocenters. The summed E-state index contributed by atoms with van der Waals surface area (Å²) in [6.07, 6.45) is -2.74. The molecule has 2 fully saturated rings. The molecular weight excluding hydrogens is 466 g/mol. The van der Waals surface area contributed by atoms with E-state index in [1.165, 1.54) is 24.5 Å². The molecule has 0 N–H and O–H groups in total. The van der Waals surface area contributed by atoms with E-state index in [-0.39, 0.29) is 28.4 Å². The zero-order valence-corrected chi connectivity index (χ0v) is 17.8. The standard InChI is InChI=1S/C21H20F6N6O/c22-20(23,24)12-33-18-14(9-30-33)29-10-16(31-18)32-6-2-4-19(11-32)7-13(8-19)34-15-3-1-5-28-17(15)21(25,26)27/h1,3,5,9-10,13H,2,4,6-8,11-12H2. The topological polar surface area (TPSA) is 69.0 Å². The van der Waals surface area contributed by atoms with Crippen LogP contribution >= 0.6 is 0 Å². The third-order valence-corrected chi connectivity index (χ3v) is 6.30. The predicted molar refractivity (Wildman–Crippen MR) is 108 cm³/mol. The van der Waals surface area contributed by atoms with Gasteiger partial charge in [-0.3, -0.25) is 0 Å². The minimum atomic E-state index is -4.60. The maximum atomic E-state index is 13.2. The van der Waals surface area contributed by atoms with E-state index < -0.39 is 24.6 Å². The highest BCUT2D eigenvalue weighted by atomic mass is 19.4. The molecule has 1 saturated carbocycles. The number of fused-ring (bicyclic) bond motifs is 1. The second kappa shape index (κ2) is 7.98. The number of ether oxygens (including phenoxy) is 1. The van der Waals surface area contributed by atoms with Crippen molar-refractivity contribution in [1.82, 2.24) is 24.7 Å². The van der Waals surface area contributed by atoms with Crippen LogP contribution in [0.25, 0.3) is 11.2 Å². The summed E-state index contributed by atoms with van der Waals surface area (Å²) >= 11 is 0. The summed E-state index contributed by atoms with van der Waals surface area (Å²) in [7, 11) is 0. The summed E-state index contributed by atoms with van der Waals surface area (Å²) in [5.41, 5.74) is -0.874. The van der Waals surface area contributed by atoms with Crippen LogP contribution in [0.4, 0.5) is 32.2 Å². The second-order valence-electron chi connectivity index (χ2n) is 8.88. The summed E-state index contributed by atoms with van der Waals surface area (Å²) in [5.74, 6) is 0.170. The maximum Gasteiger partial charge on any atom is 0.437 e. The van der Waals surface area contributed by atoms with Crippen LogP contribution in [0.1, 0.15) is 31.4 Å². The Morgan fingerprint density at radius 2 is 1.88 bits per heavy atom. The van der Waals surface area contributed by atoms with Crippen molar-refractivity contribution >= 4 is 17.0 Å². The molecule has 4 heterocycles. The summed E-state index contributed by atoms with van der Waals surface area (Å²) in [6.45, 7) is -0.0346. The van der Waals surface area contributed by atoms with E-state index in [4.69, 9.17) is 4.74 Å². The first-order valence-corrected chi connectivity index (χ1v) is 10.7. The first-order chi connectivity index (χ1) is 16.0. The Hall–Kier alpha value is -3.12. The fraction of sp³-hybridized carbons (Fsp3) is 0.524. The predicted octanol–water partition coefficient (Wildman–Crippen LogP) is 4.63. The van der Waals surface area contributed by atoms with Gasteiger partial charge in [-0.2, -0.15) is 31.4 Å². The number of halogens is 6. The van der Waals surface area contributed by atoms with Gasteiger partial charge < -0.3 is 9.64 Å². The van der Waals surface area contributed by atoms with Crippen LogP contribution in [0.2, 0.25) is 0 Å². The molecule has 13 heteroatoms. The van der Waals surface area contributed by atoms with E-state index in [2.05, 4.69) is 20.1 Å². The third-order valence-electron chi connectivity index (χ3n) is 6.30. The molecule has 182 valence electrons. The van der Waals surface area contributed by atoms with Gasteiger partial charge in [-0.1, -0.05) is 0 Å². The van der Waals surface area contributed by atoms with E-state index in [1.54, 1.807) is 0 Å². The number of piperidine rings is 1. The zero-order valence-electron chi connectivity index (χ0n) is 17.8.